The molecule has 0 radical (unpaired) electrons. The Hall–Kier alpha value is -2.85. The predicted molar refractivity (Wildman–Crippen MR) is 101 cm³/mol. The van der Waals surface area contributed by atoms with E-state index < -0.39 is 5.97 Å². The monoisotopic (exact) mass is 337 g/mol. The van der Waals surface area contributed by atoms with Gasteiger partial charge in [0.05, 0.1) is 0 Å². The topological polar surface area (TPSA) is 83.6 Å². The van der Waals surface area contributed by atoms with Crippen molar-refractivity contribution in [2.75, 3.05) is 0 Å². The first-order chi connectivity index (χ1) is 11.8. The van der Waals surface area contributed by atoms with Crippen LogP contribution in [0.3, 0.4) is 0 Å². The summed E-state index contributed by atoms with van der Waals surface area (Å²) in [5.41, 5.74) is 7.01. The van der Waals surface area contributed by atoms with Crippen molar-refractivity contribution < 1.29 is 15.0 Å². The largest absolute Gasteiger partial charge is 0.506 e. The second kappa shape index (κ2) is 7.81. The van der Waals surface area contributed by atoms with Gasteiger partial charge in [0.25, 0.3) is 0 Å². The van der Waals surface area contributed by atoms with Crippen LogP contribution >= 0.6 is 0 Å². The van der Waals surface area contributed by atoms with Crippen LogP contribution in [0.1, 0.15) is 29.8 Å². The molecule has 3 aromatic rings. The van der Waals surface area contributed by atoms with Crippen LogP contribution in [0.2, 0.25) is 0 Å². The summed E-state index contributed by atoms with van der Waals surface area (Å²) < 4.78 is 0. The van der Waals surface area contributed by atoms with Gasteiger partial charge < -0.3 is 15.9 Å². The van der Waals surface area contributed by atoms with Gasteiger partial charge in [-0.1, -0.05) is 60.7 Å². The number of aromatic hydroxyl groups is 1. The lowest BCUT2D eigenvalue weighted by molar-refractivity contribution is 0.0694. The molecule has 0 aliphatic rings. The molecule has 130 valence electrons. The summed E-state index contributed by atoms with van der Waals surface area (Å²) in [5, 5.41) is 19.8. The van der Waals surface area contributed by atoms with Gasteiger partial charge in [0.15, 0.2) is 0 Å². The number of carbonyl (C=O) groups is 1. The molecule has 0 unspecified atom stereocenters. The van der Waals surface area contributed by atoms with Gasteiger partial charge in [0.1, 0.15) is 11.3 Å². The zero-order valence-corrected chi connectivity index (χ0v) is 14.4. The van der Waals surface area contributed by atoms with Gasteiger partial charge in [0, 0.05) is 10.9 Å². The molecule has 4 nitrogen and oxygen atoms in total. The Morgan fingerprint density at radius 1 is 0.960 bits per heavy atom. The highest BCUT2D eigenvalue weighted by Gasteiger charge is 2.11. The predicted octanol–water partition coefficient (Wildman–Crippen LogP) is 4.21. The first-order valence-electron chi connectivity index (χ1n) is 8.05. The number of hydrogen-bond donors (Lipinski definition) is 3. The fourth-order valence-corrected chi connectivity index (χ4v) is 2.55. The van der Waals surface area contributed by atoms with Gasteiger partial charge >= 0.3 is 5.97 Å². The summed E-state index contributed by atoms with van der Waals surface area (Å²) in [4.78, 5) is 10.7. The summed E-state index contributed by atoms with van der Waals surface area (Å²) in [6.07, 6.45) is 0.938. The van der Waals surface area contributed by atoms with E-state index in [0.29, 0.717) is 5.39 Å². The minimum absolute atomic E-state index is 0.0660. The molecule has 4 N–H and O–H groups in total. The van der Waals surface area contributed by atoms with Crippen LogP contribution in [-0.4, -0.2) is 21.7 Å². The van der Waals surface area contributed by atoms with E-state index >= 15 is 0 Å². The van der Waals surface area contributed by atoms with Crippen LogP contribution in [0, 0.1) is 0 Å². The molecule has 0 bridgehead atoms. The lowest BCUT2D eigenvalue weighted by Crippen LogP contribution is -2.34. The highest BCUT2D eigenvalue weighted by Crippen LogP contribution is 2.28. The van der Waals surface area contributed by atoms with Crippen molar-refractivity contribution in [1.29, 1.82) is 0 Å². The van der Waals surface area contributed by atoms with E-state index in [0.717, 1.165) is 11.8 Å². The molecular formula is C21H23NO3. The maximum absolute atomic E-state index is 10.7. The van der Waals surface area contributed by atoms with Gasteiger partial charge in [-0.05, 0) is 37.3 Å². The molecule has 0 saturated heterocycles. The lowest BCUT2D eigenvalue weighted by Gasteiger charge is -2.17. The van der Waals surface area contributed by atoms with Crippen LogP contribution < -0.4 is 5.73 Å². The first-order valence-corrected chi connectivity index (χ1v) is 8.05. The molecule has 0 heterocycles. The Kier molecular flexibility index (Phi) is 5.78. The maximum Gasteiger partial charge on any atom is 0.339 e. The number of carboxylic acid groups (broad SMARTS) is 1. The third-order valence-electron chi connectivity index (χ3n) is 3.63. The standard InChI is InChI=1S/C11H8O3.C10H15N/c12-10-8-4-2-1-3-7(8)5-6-9(10)11(13)14;1-10(2,11)8-9-6-4-3-5-7-9/h1-6,12H,(H,13,14);3-7H,8,11H2,1-2H3. The SMILES string of the molecule is CC(C)(N)Cc1ccccc1.O=C(O)c1ccc2ccccc2c1O. The van der Waals surface area contributed by atoms with Gasteiger partial charge in [-0.2, -0.15) is 0 Å². The van der Waals surface area contributed by atoms with Gasteiger partial charge in [-0.25, -0.2) is 4.79 Å². The van der Waals surface area contributed by atoms with E-state index in [-0.39, 0.29) is 16.9 Å². The Labute approximate surface area is 147 Å². The number of carboxylic acids is 1. The third-order valence-corrected chi connectivity index (χ3v) is 3.63. The van der Waals surface area contributed by atoms with Crippen molar-refractivity contribution in [1.82, 2.24) is 0 Å². The Morgan fingerprint density at radius 3 is 2.16 bits per heavy atom. The molecule has 3 rings (SSSR count). The third kappa shape index (κ3) is 5.33. The summed E-state index contributed by atoms with van der Waals surface area (Å²) in [7, 11) is 0. The van der Waals surface area contributed by atoms with E-state index in [1.54, 1.807) is 18.2 Å². The van der Waals surface area contributed by atoms with Gasteiger partial charge in [-0.15, -0.1) is 0 Å². The fourth-order valence-electron chi connectivity index (χ4n) is 2.55. The van der Waals surface area contributed by atoms with E-state index in [2.05, 4.69) is 12.1 Å². The molecule has 0 spiro atoms. The molecule has 0 aliphatic heterocycles. The Balaban J connectivity index is 0.000000186. The van der Waals surface area contributed by atoms with Crippen molar-refractivity contribution >= 4 is 16.7 Å². The molecule has 25 heavy (non-hydrogen) atoms. The van der Waals surface area contributed by atoms with Crippen LogP contribution in [0.25, 0.3) is 10.8 Å². The normalized spacial score (nSPS) is 10.8. The first kappa shape index (κ1) is 18.5. The van der Waals surface area contributed by atoms with E-state index in [9.17, 15) is 9.90 Å². The number of hydrogen-bond acceptors (Lipinski definition) is 3. The van der Waals surface area contributed by atoms with Crippen molar-refractivity contribution in [3.8, 4) is 5.75 Å². The molecule has 0 atom stereocenters. The Morgan fingerprint density at radius 2 is 1.56 bits per heavy atom. The lowest BCUT2D eigenvalue weighted by atomic mass is 9.96. The number of benzene rings is 3. The number of fused-ring (bicyclic) bond motifs is 1. The number of nitrogens with two attached hydrogens (primary N) is 1. The highest BCUT2D eigenvalue weighted by atomic mass is 16.4. The zero-order chi connectivity index (χ0) is 18.4. The van der Waals surface area contributed by atoms with E-state index in [1.807, 2.05) is 44.2 Å². The van der Waals surface area contributed by atoms with E-state index in [4.69, 9.17) is 10.8 Å². The molecule has 3 aromatic carbocycles. The highest BCUT2D eigenvalue weighted by molar-refractivity contribution is 6.00. The van der Waals surface area contributed by atoms with Crippen LogP contribution in [0.5, 0.6) is 5.75 Å². The van der Waals surface area contributed by atoms with Gasteiger partial charge in [0.2, 0.25) is 0 Å². The fraction of sp³-hybridized carbons (Fsp3) is 0.190. The maximum atomic E-state index is 10.7. The zero-order valence-electron chi connectivity index (χ0n) is 14.4. The second-order valence-electron chi connectivity index (χ2n) is 6.64. The van der Waals surface area contributed by atoms with Gasteiger partial charge in [-0.3, -0.25) is 0 Å². The van der Waals surface area contributed by atoms with Crippen molar-refractivity contribution in [3.63, 3.8) is 0 Å². The molecule has 0 fully saturated rings. The second-order valence-corrected chi connectivity index (χ2v) is 6.64. The minimum Gasteiger partial charge on any atom is -0.506 e. The quantitative estimate of drug-likeness (QED) is 0.668. The molecule has 0 amide bonds. The molecule has 0 aliphatic carbocycles. The van der Waals surface area contributed by atoms with Crippen LogP contribution in [0.15, 0.2) is 66.7 Å². The minimum atomic E-state index is -1.12. The molecular weight excluding hydrogens is 314 g/mol. The van der Waals surface area contributed by atoms with Crippen molar-refractivity contribution in [3.05, 3.63) is 77.9 Å². The number of aromatic carboxylic acids is 1. The molecule has 4 heteroatoms. The summed E-state index contributed by atoms with van der Waals surface area (Å²) >= 11 is 0. The van der Waals surface area contributed by atoms with Crippen LogP contribution in [-0.2, 0) is 6.42 Å². The van der Waals surface area contributed by atoms with Crippen LogP contribution in [0.4, 0.5) is 0 Å². The van der Waals surface area contributed by atoms with E-state index in [1.165, 1.54) is 11.6 Å². The summed E-state index contributed by atoms with van der Waals surface area (Å²) in [6, 6.07) is 20.5. The number of phenols is 1. The van der Waals surface area contributed by atoms with Crippen molar-refractivity contribution in [2.24, 2.45) is 5.73 Å². The number of rotatable bonds is 3. The Bertz CT molecular complexity index is 852. The average Bonchev–Trinajstić information content (AvgIpc) is 2.55. The molecule has 0 saturated carbocycles. The smallest absolute Gasteiger partial charge is 0.339 e. The average molecular weight is 337 g/mol. The summed E-state index contributed by atoms with van der Waals surface area (Å²) in [6.45, 7) is 4.08. The molecule has 0 aromatic heterocycles. The summed E-state index contributed by atoms with van der Waals surface area (Å²) in [5.74, 6) is -1.29. The van der Waals surface area contributed by atoms with Crippen molar-refractivity contribution in [2.45, 2.75) is 25.8 Å².